The van der Waals surface area contributed by atoms with E-state index in [1.165, 1.54) is 16.4 Å². The zero-order chi connectivity index (χ0) is 23.3. The van der Waals surface area contributed by atoms with Crippen LogP contribution in [-0.2, 0) is 14.8 Å². The van der Waals surface area contributed by atoms with Crippen molar-refractivity contribution in [3.63, 3.8) is 0 Å². The number of aryl methyl sites for hydroxylation is 1. The first-order valence-electron chi connectivity index (χ1n) is 10.7. The van der Waals surface area contributed by atoms with Gasteiger partial charge >= 0.3 is 0 Å². The monoisotopic (exact) mass is 450 g/mol. The Balaban J connectivity index is 1.88. The molecule has 0 radical (unpaired) electrons. The highest BCUT2D eigenvalue weighted by molar-refractivity contribution is 7.92. The number of carbonyl (C=O) groups is 1. The maximum Gasteiger partial charge on any atom is 0.264 e. The molecule has 6 heteroatoms. The molecule has 0 saturated heterocycles. The van der Waals surface area contributed by atoms with Gasteiger partial charge in [0.05, 0.1) is 16.6 Å². The van der Waals surface area contributed by atoms with Gasteiger partial charge in [0.1, 0.15) is 6.54 Å². The van der Waals surface area contributed by atoms with Crippen molar-refractivity contribution < 1.29 is 13.2 Å². The smallest absolute Gasteiger partial charge is 0.264 e. The number of amides is 1. The predicted molar refractivity (Wildman–Crippen MR) is 129 cm³/mol. The van der Waals surface area contributed by atoms with E-state index in [2.05, 4.69) is 19.2 Å². The lowest BCUT2D eigenvalue weighted by Gasteiger charge is -2.25. The van der Waals surface area contributed by atoms with Gasteiger partial charge in [0.2, 0.25) is 5.91 Å². The van der Waals surface area contributed by atoms with Crippen molar-refractivity contribution >= 4 is 21.6 Å². The Bertz CT molecular complexity index is 1140. The molecular weight excluding hydrogens is 420 g/mol. The Morgan fingerprint density at radius 3 is 1.97 bits per heavy atom. The summed E-state index contributed by atoms with van der Waals surface area (Å²) in [7, 11) is -3.92. The van der Waals surface area contributed by atoms with E-state index in [1.54, 1.807) is 30.3 Å². The molecule has 5 nitrogen and oxygen atoms in total. The number of hydrogen-bond acceptors (Lipinski definition) is 3. The number of nitrogens with zero attached hydrogens (tertiary/aromatic N) is 1. The molecule has 0 fully saturated rings. The highest BCUT2D eigenvalue weighted by atomic mass is 32.2. The van der Waals surface area contributed by atoms with E-state index in [-0.39, 0.29) is 23.4 Å². The number of hydrogen-bond donors (Lipinski definition) is 1. The van der Waals surface area contributed by atoms with E-state index in [9.17, 15) is 13.2 Å². The van der Waals surface area contributed by atoms with E-state index in [1.807, 2.05) is 50.2 Å². The van der Waals surface area contributed by atoms with Gasteiger partial charge in [-0.2, -0.15) is 0 Å². The van der Waals surface area contributed by atoms with Gasteiger partial charge in [-0.1, -0.05) is 74.0 Å². The first-order valence-corrected chi connectivity index (χ1v) is 12.2. The summed E-state index contributed by atoms with van der Waals surface area (Å²) in [4.78, 5) is 13.1. The molecule has 168 valence electrons. The molecule has 0 aliphatic rings. The van der Waals surface area contributed by atoms with Gasteiger partial charge in [0.25, 0.3) is 10.0 Å². The summed E-state index contributed by atoms with van der Waals surface area (Å²) < 4.78 is 28.0. The van der Waals surface area contributed by atoms with Crippen LogP contribution in [0.4, 0.5) is 5.69 Å². The fraction of sp³-hybridized carbons (Fsp3) is 0.269. The second-order valence-electron chi connectivity index (χ2n) is 8.27. The highest BCUT2D eigenvalue weighted by Gasteiger charge is 2.27. The molecule has 32 heavy (non-hydrogen) atoms. The lowest BCUT2D eigenvalue weighted by molar-refractivity contribution is -0.120. The standard InChI is InChI=1S/C26H30N2O3S/c1-19(2)22-14-16-24(17-15-22)28(32(30,31)25-8-6-5-7-9-25)18-26(29)27-21(4)23-12-10-20(3)11-13-23/h5-17,19,21H,18H2,1-4H3,(H,27,29)/t21-/m0/s1. The van der Waals surface area contributed by atoms with Crippen molar-refractivity contribution in [3.05, 3.63) is 95.6 Å². The largest absolute Gasteiger partial charge is 0.348 e. The second kappa shape index (κ2) is 10.0. The lowest BCUT2D eigenvalue weighted by Crippen LogP contribution is -2.41. The number of sulfonamides is 1. The predicted octanol–water partition coefficient (Wildman–Crippen LogP) is 5.19. The molecule has 1 atom stereocenters. The van der Waals surface area contributed by atoms with Gasteiger partial charge in [-0.05, 0) is 55.2 Å². The van der Waals surface area contributed by atoms with Gasteiger partial charge in [-0.3, -0.25) is 9.10 Å². The Labute approximate surface area is 191 Å². The summed E-state index contributed by atoms with van der Waals surface area (Å²) in [6.45, 7) is 7.73. The summed E-state index contributed by atoms with van der Waals surface area (Å²) >= 11 is 0. The molecular formula is C26H30N2O3S. The van der Waals surface area contributed by atoms with Crippen LogP contribution in [0.15, 0.2) is 83.8 Å². The van der Waals surface area contributed by atoms with Crippen LogP contribution in [0.2, 0.25) is 0 Å². The van der Waals surface area contributed by atoms with Crippen LogP contribution in [0.5, 0.6) is 0 Å². The van der Waals surface area contributed by atoms with Crippen LogP contribution < -0.4 is 9.62 Å². The van der Waals surface area contributed by atoms with Crippen LogP contribution in [-0.4, -0.2) is 20.9 Å². The van der Waals surface area contributed by atoms with E-state index >= 15 is 0 Å². The minimum Gasteiger partial charge on any atom is -0.348 e. The van der Waals surface area contributed by atoms with Crippen LogP contribution >= 0.6 is 0 Å². The van der Waals surface area contributed by atoms with Crippen LogP contribution in [0, 0.1) is 6.92 Å². The summed E-state index contributed by atoms with van der Waals surface area (Å²) in [5.41, 5.74) is 3.65. The fourth-order valence-corrected chi connectivity index (χ4v) is 4.86. The number of benzene rings is 3. The molecule has 1 amide bonds. The van der Waals surface area contributed by atoms with Crippen molar-refractivity contribution in [2.45, 2.75) is 44.6 Å². The number of nitrogens with one attached hydrogen (secondary N) is 1. The zero-order valence-electron chi connectivity index (χ0n) is 18.9. The average Bonchev–Trinajstić information content (AvgIpc) is 2.78. The maximum atomic E-state index is 13.4. The molecule has 3 rings (SSSR count). The first-order chi connectivity index (χ1) is 15.2. The Kier molecular flexibility index (Phi) is 7.36. The van der Waals surface area contributed by atoms with Crippen LogP contribution in [0.3, 0.4) is 0 Å². The third-order valence-corrected chi connectivity index (χ3v) is 7.21. The fourth-order valence-electron chi connectivity index (χ4n) is 3.42. The third kappa shape index (κ3) is 5.56. The second-order valence-corrected chi connectivity index (χ2v) is 10.1. The zero-order valence-corrected chi connectivity index (χ0v) is 19.8. The molecule has 3 aromatic carbocycles. The summed E-state index contributed by atoms with van der Waals surface area (Å²) in [5.74, 6) is -0.0487. The molecule has 0 spiro atoms. The summed E-state index contributed by atoms with van der Waals surface area (Å²) in [6.07, 6.45) is 0. The van der Waals surface area contributed by atoms with E-state index in [4.69, 9.17) is 0 Å². The van der Waals surface area contributed by atoms with Crippen molar-refractivity contribution in [2.75, 3.05) is 10.8 Å². The Hall–Kier alpha value is -3.12. The molecule has 0 aliphatic heterocycles. The molecule has 0 aromatic heterocycles. The van der Waals surface area contributed by atoms with Crippen molar-refractivity contribution in [3.8, 4) is 0 Å². The molecule has 1 N–H and O–H groups in total. The molecule has 0 saturated carbocycles. The van der Waals surface area contributed by atoms with Crippen molar-refractivity contribution in [2.24, 2.45) is 0 Å². The maximum absolute atomic E-state index is 13.4. The third-order valence-electron chi connectivity index (χ3n) is 5.42. The molecule has 3 aromatic rings. The normalized spacial score (nSPS) is 12.4. The minimum atomic E-state index is -3.92. The van der Waals surface area contributed by atoms with Crippen molar-refractivity contribution in [1.82, 2.24) is 5.32 Å². The average molecular weight is 451 g/mol. The molecule has 0 unspecified atom stereocenters. The number of carbonyl (C=O) groups excluding carboxylic acids is 1. The van der Waals surface area contributed by atoms with Crippen molar-refractivity contribution in [1.29, 1.82) is 0 Å². The van der Waals surface area contributed by atoms with Crippen LogP contribution in [0.25, 0.3) is 0 Å². The van der Waals surface area contributed by atoms with Gasteiger partial charge in [-0.15, -0.1) is 0 Å². The quantitative estimate of drug-likeness (QED) is 0.513. The Morgan fingerprint density at radius 1 is 0.844 bits per heavy atom. The molecule has 0 bridgehead atoms. The molecule has 0 heterocycles. The summed E-state index contributed by atoms with van der Waals surface area (Å²) in [5, 5.41) is 2.92. The van der Waals surface area contributed by atoms with E-state index < -0.39 is 10.0 Å². The SMILES string of the molecule is Cc1ccc([C@H](C)NC(=O)CN(c2ccc(C(C)C)cc2)S(=O)(=O)c2ccccc2)cc1. The molecule has 0 aliphatic carbocycles. The van der Waals surface area contributed by atoms with Gasteiger partial charge in [0.15, 0.2) is 0 Å². The van der Waals surface area contributed by atoms with E-state index in [0.29, 0.717) is 11.6 Å². The Morgan fingerprint density at radius 2 is 1.41 bits per heavy atom. The van der Waals surface area contributed by atoms with E-state index in [0.717, 1.165) is 16.7 Å². The lowest BCUT2D eigenvalue weighted by atomic mass is 10.0. The minimum absolute atomic E-state index is 0.146. The van der Waals surface area contributed by atoms with Gasteiger partial charge < -0.3 is 5.32 Å². The summed E-state index contributed by atoms with van der Waals surface area (Å²) in [6, 6.07) is 23.2. The number of anilines is 1. The highest BCUT2D eigenvalue weighted by Crippen LogP contribution is 2.26. The van der Waals surface area contributed by atoms with Gasteiger partial charge in [0, 0.05) is 0 Å². The van der Waals surface area contributed by atoms with Gasteiger partial charge in [-0.25, -0.2) is 8.42 Å². The topological polar surface area (TPSA) is 66.5 Å². The first kappa shape index (κ1) is 23.5. The van der Waals surface area contributed by atoms with Crippen LogP contribution in [0.1, 0.15) is 49.4 Å². The number of rotatable bonds is 8.